The standard InChI is InChI=1S/C7H8BrNO2S/c8-6-2-1-5(11-6)7(10)9-3-4-12/h1-2,12H,3-4H2,(H,9,10). The van der Waals surface area contributed by atoms with E-state index in [1.54, 1.807) is 12.1 Å². The third kappa shape index (κ3) is 2.57. The smallest absolute Gasteiger partial charge is 0.287 e. The van der Waals surface area contributed by atoms with Crippen molar-refractivity contribution in [3.63, 3.8) is 0 Å². The van der Waals surface area contributed by atoms with Gasteiger partial charge in [0.25, 0.3) is 5.91 Å². The van der Waals surface area contributed by atoms with E-state index in [1.807, 2.05) is 0 Å². The lowest BCUT2D eigenvalue weighted by atomic mass is 10.4. The van der Waals surface area contributed by atoms with E-state index < -0.39 is 0 Å². The molecule has 0 saturated carbocycles. The third-order valence-corrected chi connectivity index (χ3v) is 1.84. The van der Waals surface area contributed by atoms with Crippen molar-refractivity contribution in [1.29, 1.82) is 0 Å². The first-order valence-corrected chi connectivity index (χ1v) is 4.81. The summed E-state index contributed by atoms with van der Waals surface area (Å²) in [5.41, 5.74) is 0. The summed E-state index contributed by atoms with van der Waals surface area (Å²) in [5.74, 6) is 0.714. The quantitative estimate of drug-likeness (QED) is 0.802. The number of carbonyl (C=O) groups is 1. The predicted octanol–water partition coefficient (Wildman–Crippen LogP) is 1.70. The Bertz CT molecular complexity index is 274. The molecule has 0 fully saturated rings. The van der Waals surface area contributed by atoms with Crippen LogP contribution >= 0.6 is 28.6 Å². The summed E-state index contributed by atoms with van der Waals surface area (Å²) in [6.07, 6.45) is 0. The fourth-order valence-electron chi connectivity index (χ4n) is 0.693. The van der Waals surface area contributed by atoms with Crippen LogP contribution < -0.4 is 5.32 Å². The van der Waals surface area contributed by atoms with Crippen molar-refractivity contribution >= 4 is 34.5 Å². The Morgan fingerprint density at radius 1 is 1.67 bits per heavy atom. The zero-order chi connectivity index (χ0) is 8.97. The number of nitrogens with one attached hydrogen (secondary N) is 1. The fourth-order valence-corrected chi connectivity index (χ4v) is 1.11. The molecule has 0 aliphatic heterocycles. The Kier molecular flexibility index (Phi) is 3.68. The lowest BCUT2D eigenvalue weighted by Crippen LogP contribution is -2.24. The molecule has 1 rings (SSSR count). The van der Waals surface area contributed by atoms with Crippen molar-refractivity contribution in [2.45, 2.75) is 0 Å². The fraction of sp³-hybridized carbons (Fsp3) is 0.286. The van der Waals surface area contributed by atoms with Gasteiger partial charge in [0.2, 0.25) is 0 Å². The Balaban J connectivity index is 2.53. The number of furan rings is 1. The van der Waals surface area contributed by atoms with Crippen LogP contribution in [0.4, 0.5) is 0 Å². The SMILES string of the molecule is O=C(NCCS)c1ccc(Br)o1. The van der Waals surface area contributed by atoms with Gasteiger partial charge in [-0.25, -0.2) is 0 Å². The Labute approximate surface area is 84.1 Å². The summed E-state index contributed by atoms with van der Waals surface area (Å²) < 4.78 is 5.58. The zero-order valence-corrected chi connectivity index (χ0v) is 8.69. The highest BCUT2D eigenvalue weighted by Crippen LogP contribution is 2.13. The molecule has 0 bridgehead atoms. The molecule has 1 N–H and O–H groups in total. The number of halogens is 1. The first-order chi connectivity index (χ1) is 5.74. The number of amides is 1. The number of rotatable bonds is 3. The van der Waals surface area contributed by atoms with E-state index in [1.165, 1.54) is 0 Å². The summed E-state index contributed by atoms with van der Waals surface area (Å²) in [4.78, 5) is 11.2. The molecule has 0 aliphatic carbocycles. The second-order valence-electron chi connectivity index (χ2n) is 2.08. The molecule has 0 atom stereocenters. The van der Waals surface area contributed by atoms with Gasteiger partial charge in [-0.3, -0.25) is 4.79 Å². The van der Waals surface area contributed by atoms with Crippen molar-refractivity contribution in [1.82, 2.24) is 5.32 Å². The molecule has 1 aromatic heterocycles. The van der Waals surface area contributed by atoms with Gasteiger partial charge in [0.1, 0.15) is 0 Å². The number of hydrogen-bond acceptors (Lipinski definition) is 3. The highest BCUT2D eigenvalue weighted by Gasteiger charge is 2.08. The monoisotopic (exact) mass is 249 g/mol. The van der Waals surface area contributed by atoms with E-state index in [4.69, 9.17) is 4.42 Å². The highest BCUT2D eigenvalue weighted by molar-refractivity contribution is 9.10. The maximum Gasteiger partial charge on any atom is 0.287 e. The van der Waals surface area contributed by atoms with Gasteiger partial charge in [0.15, 0.2) is 10.4 Å². The maximum atomic E-state index is 11.2. The predicted molar refractivity (Wildman–Crippen MR) is 52.6 cm³/mol. The van der Waals surface area contributed by atoms with Crippen LogP contribution in [-0.2, 0) is 0 Å². The molecular formula is C7H8BrNO2S. The van der Waals surface area contributed by atoms with Gasteiger partial charge in [0, 0.05) is 12.3 Å². The normalized spacial score (nSPS) is 9.83. The van der Waals surface area contributed by atoms with E-state index in [-0.39, 0.29) is 5.91 Å². The Morgan fingerprint density at radius 2 is 2.42 bits per heavy atom. The third-order valence-electron chi connectivity index (χ3n) is 1.19. The largest absolute Gasteiger partial charge is 0.444 e. The summed E-state index contributed by atoms with van der Waals surface area (Å²) in [7, 11) is 0. The molecular weight excluding hydrogens is 242 g/mol. The van der Waals surface area contributed by atoms with Gasteiger partial charge in [0.05, 0.1) is 0 Å². The number of hydrogen-bond donors (Lipinski definition) is 2. The van der Waals surface area contributed by atoms with Gasteiger partial charge in [-0.2, -0.15) is 12.6 Å². The van der Waals surface area contributed by atoms with Gasteiger partial charge in [-0.15, -0.1) is 0 Å². The molecule has 0 aromatic carbocycles. The van der Waals surface area contributed by atoms with Crippen molar-refractivity contribution in [3.8, 4) is 0 Å². The Hall–Kier alpha value is -0.420. The molecule has 1 amide bonds. The summed E-state index contributed by atoms with van der Waals surface area (Å²) in [6.45, 7) is 0.542. The van der Waals surface area contributed by atoms with Crippen LogP contribution in [0.2, 0.25) is 0 Å². The molecule has 1 aromatic rings. The van der Waals surface area contributed by atoms with E-state index in [0.717, 1.165) is 0 Å². The van der Waals surface area contributed by atoms with Gasteiger partial charge in [-0.05, 0) is 28.1 Å². The lowest BCUT2D eigenvalue weighted by molar-refractivity contribution is 0.0927. The molecule has 1 heterocycles. The van der Waals surface area contributed by atoms with Crippen molar-refractivity contribution in [2.24, 2.45) is 0 Å². The van der Waals surface area contributed by atoms with Crippen LogP contribution in [-0.4, -0.2) is 18.2 Å². The van der Waals surface area contributed by atoms with E-state index >= 15 is 0 Å². The van der Waals surface area contributed by atoms with Crippen LogP contribution in [0.1, 0.15) is 10.6 Å². The second-order valence-corrected chi connectivity index (χ2v) is 3.31. The van der Waals surface area contributed by atoms with Gasteiger partial charge < -0.3 is 9.73 Å². The van der Waals surface area contributed by atoms with Crippen LogP contribution in [0, 0.1) is 0 Å². The number of thiol groups is 1. The van der Waals surface area contributed by atoms with E-state index in [2.05, 4.69) is 33.9 Å². The van der Waals surface area contributed by atoms with Crippen molar-refractivity contribution < 1.29 is 9.21 Å². The zero-order valence-electron chi connectivity index (χ0n) is 6.21. The van der Waals surface area contributed by atoms with Crippen LogP contribution in [0.15, 0.2) is 21.2 Å². The molecule has 0 radical (unpaired) electrons. The highest BCUT2D eigenvalue weighted by atomic mass is 79.9. The minimum Gasteiger partial charge on any atom is -0.444 e. The number of carbonyl (C=O) groups excluding carboxylic acids is 1. The van der Waals surface area contributed by atoms with Crippen LogP contribution in [0.5, 0.6) is 0 Å². The van der Waals surface area contributed by atoms with Crippen molar-refractivity contribution in [2.75, 3.05) is 12.3 Å². The molecule has 12 heavy (non-hydrogen) atoms. The summed E-state index contributed by atoms with van der Waals surface area (Å²) in [6, 6.07) is 3.29. The summed E-state index contributed by atoms with van der Waals surface area (Å²) in [5, 5.41) is 2.63. The minimum absolute atomic E-state index is 0.213. The van der Waals surface area contributed by atoms with E-state index in [0.29, 0.717) is 22.7 Å². The molecule has 0 aliphatic rings. The minimum atomic E-state index is -0.213. The molecule has 0 spiro atoms. The molecule has 3 nitrogen and oxygen atoms in total. The summed E-state index contributed by atoms with van der Waals surface area (Å²) >= 11 is 7.07. The molecule has 66 valence electrons. The van der Waals surface area contributed by atoms with Crippen LogP contribution in [0.25, 0.3) is 0 Å². The molecule has 0 saturated heterocycles. The van der Waals surface area contributed by atoms with Crippen molar-refractivity contribution in [3.05, 3.63) is 22.6 Å². The van der Waals surface area contributed by atoms with Gasteiger partial charge >= 0.3 is 0 Å². The lowest BCUT2D eigenvalue weighted by Gasteiger charge is -1.98. The maximum absolute atomic E-state index is 11.2. The molecule has 5 heteroatoms. The average Bonchev–Trinajstić information content (AvgIpc) is 2.47. The first kappa shape index (κ1) is 9.67. The average molecular weight is 250 g/mol. The first-order valence-electron chi connectivity index (χ1n) is 3.38. The second kappa shape index (κ2) is 4.57. The van der Waals surface area contributed by atoms with Crippen LogP contribution in [0.3, 0.4) is 0 Å². The topological polar surface area (TPSA) is 42.2 Å². The van der Waals surface area contributed by atoms with E-state index in [9.17, 15) is 4.79 Å². The Morgan fingerprint density at radius 3 is 2.92 bits per heavy atom. The van der Waals surface area contributed by atoms with Gasteiger partial charge in [-0.1, -0.05) is 0 Å². The molecule has 0 unspecified atom stereocenters.